The van der Waals surface area contributed by atoms with Gasteiger partial charge in [0.1, 0.15) is 17.3 Å². The van der Waals surface area contributed by atoms with Gasteiger partial charge in [-0.25, -0.2) is 4.39 Å². The molecule has 0 saturated heterocycles. The van der Waals surface area contributed by atoms with Crippen molar-refractivity contribution in [3.63, 3.8) is 0 Å². The van der Waals surface area contributed by atoms with Gasteiger partial charge >= 0.3 is 6.36 Å². The maximum Gasteiger partial charge on any atom is 0.573 e. The molecule has 2 N–H and O–H groups in total. The van der Waals surface area contributed by atoms with Gasteiger partial charge in [0.25, 0.3) is 0 Å². The molecule has 0 amide bonds. The summed E-state index contributed by atoms with van der Waals surface area (Å²) in [6.45, 7) is 0.216. The number of benzene rings is 2. The van der Waals surface area contributed by atoms with Crippen LogP contribution in [0.1, 0.15) is 5.56 Å². The van der Waals surface area contributed by atoms with Gasteiger partial charge in [-0.05, 0) is 42.9 Å². The van der Waals surface area contributed by atoms with Gasteiger partial charge in [0.05, 0.1) is 0 Å². The zero-order valence-corrected chi connectivity index (χ0v) is 11.5. The molecule has 0 saturated carbocycles. The van der Waals surface area contributed by atoms with Crippen LogP contribution in [0.2, 0.25) is 0 Å². The number of halogens is 4. The molecule has 7 heteroatoms. The van der Waals surface area contributed by atoms with Crippen LogP contribution in [-0.4, -0.2) is 18.5 Å². The lowest BCUT2D eigenvalue weighted by Gasteiger charge is -2.14. The molecule has 0 aliphatic rings. The Bertz CT molecular complexity index is 671. The standard InChI is InChI=1S/C15H13F4NO2/c1-20-8-10-6-9(2-4-13(10)16)12-7-11(21)3-5-14(12)22-15(17,18)19/h2-7,20-21H,8H2,1H3. The van der Waals surface area contributed by atoms with Crippen LogP contribution < -0.4 is 10.1 Å². The average Bonchev–Trinajstić information content (AvgIpc) is 2.42. The minimum Gasteiger partial charge on any atom is -0.508 e. The van der Waals surface area contributed by atoms with Gasteiger partial charge in [-0.1, -0.05) is 6.07 Å². The van der Waals surface area contributed by atoms with Gasteiger partial charge in [0.15, 0.2) is 0 Å². The first kappa shape index (κ1) is 16.1. The third-order valence-electron chi connectivity index (χ3n) is 2.91. The molecule has 0 fully saturated rings. The van der Waals surface area contributed by atoms with Crippen LogP contribution in [0.3, 0.4) is 0 Å². The summed E-state index contributed by atoms with van der Waals surface area (Å²) in [5, 5.41) is 12.3. The Kier molecular flexibility index (Phi) is 4.56. The Hall–Kier alpha value is -2.28. The normalized spacial score (nSPS) is 11.5. The molecule has 0 atom stereocenters. The molecule has 2 rings (SSSR count). The largest absolute Gasteiger partial charge is 0.573 e. The molecule has 0 radical (unpaired) electrons. The van der Waals surface area contributed by atoms with Crippen LogP contribution >= 0.6 is 0 Å². The molecule has 0 aromatic heterocycles. The first-order valence-electron chi connectivity index (χ1n) is 6.32. The number of nitrogens with one attached hydrogen (secondary N) is 1. The predicted molar refractivity (Wildman–Crippen MR) is 72.9 cm³/mol. The number of hydrogen-bond donors (Lipinski definition) is 2. The van der Waals surface area contributed by atoms with Crippen LogP contribution in [0.4, 0.5) is 17.6 Å². The van der Waals surface area contributed by atoms with Gasteiger partial charge in [-0.15, -0.1) is 13.2 Å². The Morgan fingerprint density at radius 3 is 2.50 bits per heavy atom. The van der Waals surface area contributed by atoms with E-state index in [0.29, 0.717) is 11.1 Å². The van der Waals surface area contributed by atoms with Gasteiger partial charge in [-0.2, -0.15) is 0 Å². The minimum absolute atomic E-state index is 0.0229. The molecular formula is C15H13F4NO2. The number of ether oxygens (including phenoxy) is 1. The summed E-state index contributed by atoms with van der Waals surface area (Å²) in [5.74, 6) is -1.16. The lowest BCUT2D eigenvalue weighted by Crippen LogP contribution is -2.17. The summed E-state index contributed by atoms with van der Waals surface area (Å²) in [5.41, 5.74) is 0.623. The van der Waals surface area contributed by atoms with Crippen molar-refractivity contribution >= 4 is 0 Å². The molecule has 0 spiro atoms. The number of phenols is 1. The maximum atomic E-state index is 13.6. The quantitative estimate of drug-likeness (QED) is 0.843. The third-order valence-corrected chi connectivity index (χ3v) is 2.91. The fraction of sp³-hybridized carbons (Fsp3) is 0.200. The monoisotopic (exact) mass is 315 g/mol. The molecule has 3 nitrogen and oxygen atoms in total. The molecule has 2 aromatic carbocycles. The van der Waals surface area contributed by atoms with E-state index in [-0.39, 0.29) is 17.9 Å². The molecular weight excluding hydrogens is 302 g/mol. The Morgan fingerprint density at radius 1 is 1.14 bits per heavy atom. The van der Waals surface area contributed by atoms with Crippen molar-refractivity contribution in [2.75, 3.05) is 7.05 Å². The molecule has 118 valence electrons. The Labute approximate surface area is 124 Å². The summed E-state index contributed by atoms with van der Waals surface area (Å²) in [7, 11) is 1.62. The first-order chi connectivity index (χ1) is 10.3. The molecule has 0 aliphatic heterocycles. The molecule has 2 aromatic rings. The van der Waals surface area contributed by atoms with E-state index in [1.807, 2.05) is 0 Å². The van der Waals surface area contributed by atoms with Crippen molar-refractivity contribution in [2.45, 2.75) is 12.9 Å². The second-order valence-corrected chi connectivity index (χ2v) is 4.56. The van der Waals surface area contributed by atoms with Crippen LogP contribution in [0.25, 0.3) is 11.1 Å². The van der Waals surface area contributed by atoms with Crippen LogP contribution in [0.15, 0.2) is 36.4 Å². The van der Waals surface area contributed by atoms with Crippen molar-refractivity contribution in [3.05, 3.63) is 47.8 Å². The van der Waals surface area contributed by atoms with E-state index in [1.54, 1.807) is 7.05 Å². The summed E-state index contributed by atoms with van der Waals surface area (Å²) >= 11 is 0. The van der Waals surface area contributed by atoms with Gasteiger partial charge in [0, 0.05) is 17.7 Å². The molecule has 0 bridgehead atoms. The van der Waals surface area contributed by atoms with Crippen molar-refractivity contribution in [1.29, 1.82) is 0 Å². The van der Waals surface area contributed by atoms with Gasteiger partial charge < -0.3 is 15.2 Å². The molecule has 0 heterocycles. The number of aromatic hydroxyl groups is 1. The van der Waals surface area contributed by atoms with E-state index in [2.05, 4.69) is 10.1 Å². The lowest BCUT2D eigenvalue weighted by molar-refractivity contribution is -0.274. The maximum absolute atomic E-state index is 13.6. The second-order valence-electron chi connectivity index (χ2n) is 4.56. The fourth-order valence-corrected chi connectivity index (χ4v) is 2.03. The molecule has 22 heavy (non-hydrogen) atoms. The molecule has 0 unspecified atom stereocenters. The topological polar surface area (TPSA) is 41.5 Å². The summed E-state index contributed by atoms with van der Waals surface area (Å²) in [6, 6.07) is 7.12. The first-order valence-corrected chi connectivity index (χ1v) is 6.32. The fourth-order valence-electron chi connectivity index (χ4n) is 2.03. The van der Waals surface area contributed by atoms with Crippen molar-refractivity contribution < 1.29 is 27.4 Å². The van der Waals surface area contributed by atoms with E-state index in [4.69, 9.17) is 0 Å². The van der Waals surface area contributed by atoms with Crippen LogP contribution in [0, 0.1) is 5.82 Å². The highest BCUT2D eigenvalue weighted by Gasteiger charge is 2.32. The lowest BCUT2D eigenvalue weighted by atomic mass is 10.0. The predicted octanol–water partition coefficient (Wildman–Crippen LogP) is 3.82. The zero-order chi connectivity index (χ0) is 16.3. The van der Waals surface area contributed by atoms with Crippen molar-refractivity contribution in [1.82, 2.24) is 5.32 Å². The van der Waals surface area contributed by atoms with E-state index in [1.165, 1.54) is 12.1 Å². The Morgan fingerprint density at radius 2 is 1.86 bits per heavy atom. The van der Waals surface area contributed by atoms with E-state index in [9.17, 15) is 22.7 Å². The zero-order valence-electron chi connectivity index (χ0n) is 11.5. The third kappa shape index (κ3) is 3.88. The number of rotatable bonds is 4. The number of hydrogen-bond acceptors (Lipinski definition) is 3. The highest BCUT2D eigenvalue weighted by atomic mass is 19.4. The SMILES string of the molecule is CNCc1cc(-c2cc(O)ccc2OC(F)(F)F)ccc1F. The van der Waals surface area contributed by atoms with Crippen molar-refractivity contribution in [3.8, 4) is 22.6 Å². The second kappa shape index (κ2) is 6.23. The van der Waals surface area contributed by atoms with Crippen molar-refractivity contribution in [2.24, 2.45) is 0 Å². The van der Waals surface area contributed by atoms with Gasteiger partial charge in [-0.3, -0.25) is 0 Å². The van der Waals surface area contributed by atoms with E-state index in [0.717, 1.165) is 24.3 Å². The van der Waals surface area contributed by atoms with E-state index >= 15 is 0 Å². The smallest absolute Gasteiger partial charge is 0.508 e. The summed E-state index contributed by atoms with van der Waals surface area (Å²) in [6.07, 6.45) is -4.86. The number of phenolic OH excluding ortho intramolecular Hbond substituents is 1. The van der Waals surface area contributed by atoms with E-state index < -0.39 is 17.9 Å². The highest BCUT2D eigenvalue weighted by Crippen LogP contribution is 2.36. The average molecular weight is 315 g/mol. The van der Waals surface area contributed by atoms with Crippen LogP contribution in [0.5, 0.6) is 11.5 Å². The number of alkyl halides is 3. The summed E-state index contributed by atoms with van der Waals surface area (Å²) in [4.78, 5) is 0. The van der Waals surface area contributed by atoms with Crippen LogP contribution in [-0.2, 0) is 6.54 Å². The van der Waals surface area contributed by atoms with Gasteiger partial charge in [0.2, 0.25) is 0 Å². The Balaban J connectivity index is 2.51. The summed E-state index contributed by atoms with van der Waals surface area (Å²) < 4.78 is 54.9. The highest BCUT2D eigenvalue weighted by molar-refractivity contribution is 5.72. The molecule has 0 aliphatic carbocycles. The minimum atomic E-state index is -4.86.